The SMILES string of the molecule is CC(Cc1ccc(N(C)C)cc1)NN. The molecule has 0 amide bonds. The minimum absolute atomic E-state index is 0.320. The van der Waals surface area contributed by atoms with Crippen molar-refractivity contribution < 1.29 is 0 Å². The Morgan fingerprint density at radius 2 is 1.86 bits per heavy atom. The highest BCUT2D eigenvalue weighted by Gasteiger charge is 2.01. The maximum atomic E-state index is 5.34. The third kappa shape index (κ3) is 3.01. The predicted octanol–water partition coefficient (Wildman–Crippen LogP) is 1.15. The van der Waals surface area contributed by atoms with Gasteiger partial charge in [-0.25, -0.2) is 0 Å². The molecule has 3 heteroatoms. The molecule has 1 unspecified atom stereocenters. The van der Waals surface area contributed by atoms with Crippen molar-refractivity contribution in [3.63, 3.8) is 0 Å². The smallest absolute Gasteiger partial charge is 0.0361 e. The van der Waals surface area contributed by atoms with Crippen molar-refractivity contribution in [2.45, 2.75) is 19.4 Å². The van der Waals surface area contributed by atoms with Gasteiger partial charge in [0.15, 0.2) is 0 Å². The largest absolute Gasteiger partial charge is 0.378 e. The summed E-state index contributed by atoms with van der Waals surface area (Å²) in [7, 11) is 4.08. The van der Waals surface area contributed by atoms with Crippen LogP contribution in [0.4, 0.5) is 5.69 Å². The summed E-state index contributed by atoms with van der Waals surface area (Å²) in [5, 5.41) is 0. The zero-order chi connectivity index (χ0) is 10.6. The predicted molar refractivity (Wildman–Crippen MR) is 61.3 cm³/mol. The second-order valence-electron chi connectivity index (χ2n) is 3.83. The summed E-state index contributed by atoms with van der Waals surface area (Å²) < 4.78 is 0. The fourth-order valence-electron chi connectivity index (χ4n) is 1.34. The van der Waals surface area contributed by atoms with Crippen LogP contribution in [-0.2, 0) is 6.42 Å². The molecule has 78 valence electrons. The molecule has 0 saturated carbocycles. The zero-order valence-electron chi connectivity index (χ0n) is 9.12. The van der Waals surface area contributed by atoms with E-state index in [0.29, 0.717) is 6.04 Å². The van der Waals surface area contributed by atoms with Gasteiger partial charge in [-0.3, -0.25) is 11.3 Å². The van der Waals surface area contributed by atoms with Crippen LogP contribution in [0.5, 0.6) is 0 Å². The molecule has 0 aliphatic rings. The number of benzene rings is 1. The first-order valence-corrected chi connectivity index (χ1v) is 4.86. The molecule has 1 aromatic carbocycles. The minimum atomic E-state index is 0.320. The lowest BCUT2D eigenvalue weighted by atomic mass is 10.1. The Morgan fingerprint density at radius 1 is 1.29 bits per heavy atom. The summed E-state index contributed by atoms with van der Waals surface area (Å²) in [5.74, 6) is 5.34. The third-order valence-corrected chi connectivity index (χ3v) is 2.28. The van der Waals surface area contributed by atoms with Gasteiger partial charge in [-0.2, -0.15) is 0 Å². The molecule has 14 heavy (non-hydrogen) atoms. The molecule has 0 radical (unpaired) electrons. The van der Waals surface area contributed by atoms with E-state index in [9.17, 15) is 0 Å². The van der Waals surface area contributed by atoms with Gasteiger partial charge in [0.2, 0.25) is 0 Å². The molecule has 0 fully saturated rings. The number of hydrazine groups is 1. The van der Waals surface area contributed by atoms with Gasteiger partial charge in [0.1, 0.15) is 0 Å². The van der Waals surface area contributed by atoms with Gasteiger partial charge in [0, 0.05) is 25.8 Å². The van der Waals surface area contributed by atoms with E-state index in [2.05, 4.69) is 41.5 Å². The Bertz CT molecular complexity index is 266. The molecular formula is C11H19N3. The number of hydrogen-bond acceptors (Lipinski definition) is 3. The van der Waals surface area contributed by atoms with E-state index >= 15 is 0 Å². The summed E-state index contributed by atoms with van der Waals surface area (Å²) in [5.41, 5.74) is 5.27. The van der Waals surface area contributed by atoms with Crippen LogP contribution in [0.25, 0.3) is 0 Å². The number of hydrogen-bond donors (Lipinski definition) is 2. The number of nitrogens with two attached hydrogens (primary N) is 1. The van der Waals surface area contributed by atoms with Crippen molar-refractivity contribution >= 4 is 5.69 Å². The first-order valence-electron chi connectivity index (χ1n) is 4.86. The lowest BCUT2D eigenvalue weighted by molar-refractivity contribution is 0.568. The zero-order valence-corrected chi connectivity index (χ0v) is 9.12. The first kappa shape index (κ1) is 11.0. The standard InChI is InChI=1S/C11H19N3/c1-9(13-12)8-10-4-6-11(7-5-10)14(2)3/h4-7,9,13H,8,12H2,1-3H3. The van der Waals surface area contributed by atoms with E-state index in [-0.39, 0.29) is 0 Å². The van der Waals surface area contributed by atoms with Crippen LogP contribution < -0.4 is 16.2 Å². The monoisotopic (exact) mass is 193 g/mol. The van der Waals surface area contributed by atoms with E-state index in [0.717, 1.165) is 6.42 Å². The van der Waals surface area contributed by atoms with E-state index < -0.39 is 0 Å². The molecule has 0 aliphatic carbocycles. The maximum Gasteiger partial charge on any atom is 0.0361 e. The minimum Gasteiger partial charge on any atom is -0.378 e. The second-order valence-corrected chi connectivity index (χ2v) is 3.83. The molecule has 0 spiro atoms. The maximum absolute atomic E-state index is 5.34. The van der Waals surface area contributed by atoms with Crippen LogP contribution in [-0.4, -0.2) is 20.1 Å². The average molecular weight is 193 g/mol. The van der Waals surface area contributed by atoms with Gasteiger partial charge in [-0.05, 0) is 31.0 Å². The molecule has 0 heterocycles. The van der Waals surface area contributed by atoms with Gasteiger partial charge < -0.3 is 4.90 Å². The summed E-state index contributed by atoms with van der Waals surface area (Å²) in [6.45, 7) is 2.07. The quantitative estimate of drug-likeness (QED) is 0.556. The normalized spacial score (nSPS) is 12.6. The van der Waals surface area contributed by atoms with Crippen molar-refractivity contribution in [2.75, 3.05) is 19.0 Å². The summed E-state index contributed by atoms with van der Waals surface area (Å²) in [6, 6.07) is 8.85. The van der Waals surface area contributed by atoms with Crippen LogP contribution in [0.3, 0.4) is 0 Å². The Kier molecular flexibility index (Phi) is 3.92. The van der Waals surface area contributed by atoms with Crippen LogP contribution in [0, 0.1) is 0 Å². The molecule has 1 rings (SSSR count). The molecule has 0 bridgehead atoms. The van der Waals surface area contributed by atoms with Crippen LogP contribution in [0.2, 0.25) is 0 Å². The van der Waals surface area contributed by atoms with Gasteiger partial charge >= 0.3 is 0 Å². The summed E-state index contributed by atoms with van der Waals surface area (Å²) >= 11 is 0. The third-order valence-electron chi connectivity index (χ3n) is 2.28. The highest BCUT2D eigenvalue weighted by atomic mass is 15.2. The Balaban J connectivity index is 2.64. The molecule has 1 atom stereocenters. The average Bonchev–Trinajstić information content (AvgIpc) is 2.18. The fourth-order valence-corrected chi connectivity index (χ4v) is 1.34. The van der Waals surface area contributed by atoms with E-state index in [4.69, 9.17) is 5.84 Å². The number of rotatable bonds is 4. The molecule has 0 aromatic heterocycles. The van der Waals surface area contributed by atoms with Gasteiger partial charge in [-0.15, -0.1) is 0 Å². The number of nitrogens with one attached hydrogen (secondary N) is 1. The van der Waals surface area contributed by atoms with Crippen molar-refractivity contribution in [1.82, 2.24) is 5.43 Å². The Labute approximate surface area is 85.9 Å². The van der Waals surface area contributed by atoms with E-state index in [1.54, 1.807) is 0 Å². The van der Waals surface area contributed by atoms with Gasteiger partial charge in [-0.1, -0.05) is 12.1 Å². The summed E-state index contributed by atoms with van der Waals surface area (Å²) in [6.07, 6.45) is 0.963. The molecular weight excluding hydrogens is 174 g/mol. The summed E-state index contributed by atoms with van der Waals surface area (Å²) in [4.78, 5) is 2.09. The van der Waals surface area contributed by atoms with Crippen molar-refractivity contribution in [1.29, 1.82) is 0 Å². The van der Waals surface area contributed by atoms with Crippen molar-refractivity contribution in [3.8, 4) is 0 Å². The molecule has 0 aliphatic heterocycles. The van der Waals surface area contributed by atoms with Crippen LogP contribution in [0.1, 0.15) is 12.5 Å². The Morgan fingerprint density at radius 3 is 2.29 bits per heavy atom. The molecule has 0 saturated heterocycles. The number of anilines is 1. The Hall–Kier alpha value is -1.06. The number of nitrogens with zero attached hydrogens (tertiary/aromatic N) is 1. The van der Waals surface area contributed by atoms with Crippen molar-refractivity contribution in [3.05, 3.63) is 29.8 Å². The van der Waals surface area contributed by atoms with E-state index in [1.165, 1.54) is 11.3 Å². The highest BCUT2D eigenvalue weighted by Crippen LogP contribution is 2.13. The van der Waals surface area contributed by atoms with E-state index in [1.807, 2.05) is 14.1 Å². The highest BCUT2D eigenvalue weighted by molar-refractivity contribution is 5.46. The van der Waals surface area contributed by atoms with Crippen molar-refractivity contribution in [2.24, 2.45) is 5.84 Å². The lowest BCUT2D eigenvalue weighted by Gasteiger charge is -2.14. The topological polar surface area (TPSA) is 41.3 Å². The fraction of sp³-hybridized carbons (Fsp3) is 0.455. The van der Waals surface area contributed by atoms with Crippen LogP contribution >= 0.6 is 0 Å². The van der Waals surface area contributed by atoms with Gasteiger partial charge in [0.05, 0.1) is 0 Å². The van der Waals surface area contributed by atoms with Gasteiger partial charge in [0.25, 0.3) is 0 Å². The second kappa shape index (κ2) is 4.98. The van der Waals surface area contributed by atoms with Crippen LogP contribution in [0.15, 0.2) is 24.3 Å². The molecule has 3 N–H and O–H groups in total. The molecule has 3 nitrogen and oxygen atoms in total. The molecule has 1 aromatic rings. The first-order chi connectivity index (χ1) is 6.63. The lowest BCUT2D eigenvalue weighted by Crippen LogP contribution is -2.34.